The standard InChI is InChI=1S/C14H19BrN2OS/c1-17(6-11-5-10(15)7-19-11)14(18)12-8-2-3-9(4-8)13(12)16/h5,7-9,12-13H,2-4,6,16H2,1H3. The normalized spacial score (nSPS) is 32.8. The second-order valence-corrected chi connectivity index (χ2v) is 7.77. The molecule has 4 unspecified atom stereocenters. The fourth-order valence-corrected chi connectivity index (χ4v) is 5.21. The maximum Gasteiger partial charge on any atom is 0.227 e. The highest BCUT2D eigenvalue weighted by atomic mass is 79.9. The van der Waals surface area contributed by atoms with Crippen molar-refractivity contribution in [3.63, 3.8) is 0 Å². The number of carbonyl (C=O) groups is 1. The van der Waals surface area contributed by atoms with E-state index >= 15 is 0 Å². The summed E-state index contributed by atoms with van der Waals surface area (Å²) in [5.74, 6) is 1.42. The van der Waals surface area contributed by atoms with Gasteiger partial charge in [0.15, 0.2) is 0 Å². The van der Waals surface area contributed by atoms with E-state index in [-0.39, 0.29) is 17.9 Å². The van der Waals surface area contributed by atoms with Gasteiger partial charge in [-0.25, -0.2) is 0 Å². The summed E-state index contributed by atoms with van der Waals surface area (Å²) in [6, 6.07) is 2.17. The molecular weight excluding hydrogens is 324 g/mol. The predicted octanol–water partition coefficient (Wildman–Crippen LogP) is 2.84. The summed E-state index contributed by atoms with van der Waals surface area (Å²) in [4.78, 5) is 15.7. The van der Waals surface area contributed by atoms with Crippen molar-refractivity contribution in [2.75, 3.05) is 7.05 Å². The SMILES string of the molecule is CN(Cc1cc(Br)cs1)C(=O)C1C2CCC(C2)C1N. The van der Waals surface area contributed by atoms with Gasteiger partial charge in [0.25, 0.3) is 0 Å². The molecule has 1 aromatic heterocycles. The summed E-state index contributed by atoms with van der Waals surface area (Å²) >= 11 is 5.13. The fourth-order valence-electron chi connectivity index (χ4n) is 3.71. The molecule has 0 aliphatic heterocycles. The minimum Gasteiger partial charge on any atom is -0.340 e. The van der Waals surface area contributed by atoms with Crippen LogP contribution in [0.2, 0.25) is 0 Å². The van der Waals surface area contributed by atoms with Crippen molar-refractivity contribution in [1.29, 1.82) is 0 Å². The number of hydrogen-bond acceptors (Lipinski definition) is 3. The second-order valence-electron chi connectivity index (χ2n) is 5.86. The molecule has 2 fully saturated rings. The maximum absolute atomic E-state index is 12.6. The van der Waals surface area contributed by atoms with E-state index in [0.29, 0.717) is 18.4 Å². The Labute approximate surface area is 126 Å². The maximum atomic E-state index is 12.6. The highest BCUT2D eigenvalue weighted by molar-refractivity contribution is 9.10. The van der Waals surface area contributed by atoms with E-state index in [1.54, 1.807) is 11.3 Å². The molecule has 104 valence electrons. The van der Waals surface area contributed by atoms with Gasteiger partial charge in [-0.2, -0.15) is 0 Å². The van der Waals surface area contributed by atoms with Crippen LogP contribution in [0, 0.1) is 17.8 Å². The fraction of sp³-hybridized carbons (Fsp3) is 0.643. The molecule has 2 bridgehead atoms. The van der Waals surface area contributed by atoms with Gasteiger partial charge < -0.3 is 10.6 Å². The lowest BCUT2D eigenvalue weighted by atomic mass is 9.84. The monoisotopic (exact) mass is 342 g/mol. The van der Waals surface area contributed by atoms with Crippen molar-refractivity contribution in [3.05, 3.63) is 20.8 Å². The molecule has 4 atom stereocenters. The van der Waals surface area contributed by atoms with Gasteiger partial charge in [0, 0.05) is 27.8 Å². The first kappa shape index (κ1) is 13.6. The van der Waals surface area contributed by atoms with Crippen molar-refractivity contribution in [2.24, 2.45) is 23.5 Å². The topological polar surface area (TPSA) is 46.3 Å². The summed E-state index contributed by atoms with van der Waals surface area (Å²) < 4.78 is 1.09. The molecule has 2 N–H and O–H groups in total. The average molecular weight is 343 g/mol. The Morgan fingerprint density at radius 1 is 1.53 bits per heavy atom. The minimum atomic E-state index is 0.0622. The third kappa shape index (κ3) is 2.48. The smallest absolute Gasteiger partial charge is 0.227 e. The van der Waals surface area contributed by atoms with E-state index in [0.717, 1.165) is 10.9 Å². The quantitative estimate of drug-likeness (QED) is 0.917. The molecule has 3 rings (SSSR count). The van der Waals surface area contributed by atoms with E-state index in [1.165, 1.54) is 17.7 Å². The Kier molecular flexibility index (Phi) is 3.71. The Balaban J connectivity index is 1.67. The molecule has 1 heterocycles. The van der Waals surface area contributed by atoms with E-state index in [4.69, 9.17) is 5.73 Å². The number of halogens is 1. The molecular formula is C14H19BrN2OS. The van der Waals surface area contributed by atoms with Gasteiger partial charge in [-0.3, -0.25) is 4.79 Å². The second kappa shape index (κ2) is 5.19. The lowest BCUT2D eigenvalue weighted by molar-refractivity contribution is -0.136. The highest BCUT2D eigenvalue weighted by Gasteiger charge is 2.49. The summed E-state index contributed by atoms with van der Waals surface area (Å²) in [7, 11) is 1.90. The van der Waals surface area contributed by atoms with Crippen molar-refractivity contribution in [1.82, 2.24) is 4.90 Å². The molecule has 0 spiro atoms. The van der Waals surface area contributed by atoms with Crippen LogP contribution in [0.15, 0.2) is 15.9 Å². The summed E-state index contributed by atoms with van der Waals surface area (Å²) in [6.45, 7) is 0.690. The van der Waals surface area contributed by atoms with Crippen LogP contribution in [0.1, 0.15) is 24.1 Å². The van der Waals surface area contributed by atoms with Gasteiger partial charge in [-0.15, -0.1) is 11.3 Å². The van der Waals surface area contributed by atoms with Gasteiger partial charge >= 0.3 is 0 Å². The number of hydrogen-bond donors (Lipinski definition) is 1. The van der Waals surface area contributed by atoms with Gasteiger partial charge in [0.2, 0.25) is 5.91 Å². The van der Waals surface area contributed by atoms with Crippen LogP contribution < -0.4 is 5.73 Å². The highest BCUT2D eigenvalue weighted by Crippen LogP contribution is 2.48. The summed E-state index contributed by atoms with van der Waals surface area (Å²) in [6.07, 6.45) is 3.57. The molecule has 1 aromatic rings. The number of amides is 1. The van der Waals surface area contributed by atoms with Gasteiger partial charge in [0.1, 0.15) is 0 Å². The lowest BCUT2D eigenvalue weighted by Gasteiger charge is -2.30. The molecule has 2 aliphatic rings. The Morgan fingerprint density at radius 3 is 2.84 bits per heavy atom. The van der Waals surface area contributed by atoms with Crippen LogP contribution in [-0.4, -0.2) is 23.9 Å². The Hall–Kier alpha value is -0.390. The molecule has 0 aromatic carbocycles. The van der Waals surface area contributed by atoms with Crippen molar-refractivity contribution >= 4 is 33.2 Å². The van der Waals surface area contributed by atoms with Crippen LogP contribution in [-0.2, 0) is 11.3 Å². The Bertz CT molecular complexity index is 488. The van der Waals surface area contributed by atoms with Crippen molar-refractivity contribution < 1.29 is 4.79 Å². The van der Waals surface area contributed by atoms with Crippen LogP contribution in [0.4, 0.5) is 0 Å². The summed E-state index contributed by atoms with van der Waals surface area (Å²) in [5, 5.41) is 2.05. The third-order valence-electron chi connectivity index (χ3n) is 4.66. The first-order chi connectivity index (χ1) is 9.06. The molecule has 1 amide bonds. The molecule has 2 aliphatic carbocycles. The van der Waals surface area contributed by atoms with E-state index in [9.17, 15) is 4.79 Å². The van der Waals surface area contributed by atoms with Crippen molar-refractivity contribution in [2.45, 2.75) is 31.8 Å². The number of fused-ring (bicyclic) bond motifs is 2. The average Bonchev–Trinajstić information content (AvgIpc) is 3.05. The molecule has 5 heteroatoms. The number of carbonyl (C=O) groups excluding carboxylic acids is 1. The molecule has 0 radical (unpaired) electrons. The van der Waals surface area contributed by atoms with E-state index < -0.39 is 0 Å². The first-order valence-electron chi connectivity index (χ1n) is 6.79. The zero-order valence-electron chi connectivity index (χ0n) is 11.0. The third-order valence-corrected chi connectivity index (χ3v) is 6.34. The zero-order chi connectivity index (χ0) is 13.6. The first-order valence-corrected chi connectivity index (χ1v) is 8.47. The molecule has 19 heavy (non-hydrogen) atoms. The van der Waals surface area contributed by atoms with Crippen LogP contribution in [0.25, 0.3) is 0 Å². The van der Waals surface area contributed by atoms with Gasteiger partial charge in [-0.05, 0) is 53.1 Å². The lowest BCUT2D eigenvalue weighted by Crippen LogP contribution is -2.45. The van der Waals surface area contributed by atoms with Gasteiger partial charge in [-0.1, -0.05) is 0 Å². The molecule has 0 saturated heterocycles. The number of nitrogens with two attached hydrogens (primary N) is 1. The zero-order valence-corrected chi connectivity index (χ0v) is 13.4. The van der Waals surface area contributed by atoms with Crippen LogP contribution in [0.5, 0.6) is 0 Å². The predicted molar refractivity (Wildman–Crippen MR) is 80.8 cm³/mol. The van der Waals surface area contributed by atoms with Crippen LogP contribution in [0.3, 0.4) is 0 Å². The largest absolute Gasteiger partial charge is 0.340 e. The van der Waals surface area contributed by atoms with E-state index in [1.807, 2.05) is 11.9 Å². The number of rotatable bonds is 3. The molecule has 3 nitrogen and oxygen atoms in total. The van der Waals surface area contributed by atoms with E-state index in [2.05, 4.69) is 27.4 Å². The number of thiophene rings is 1. The summed E-state index contributed by atoms with van der Waals surface area (Å²) in [5.41, 5.74) is 6.25. The molecule has 2 saturated carbocycles. The minimum absolute atomic E-state index is 0.0622. The van der Waals surface area contributed by atoms with Crippen LogP contribution >= 0.6 is 27.3 Å². The van der Waals surface area contributed by atoms with Gasteiger partial charge in [0.05, 0.1) is 12.5 Å². The van der Waals surface area contributed by atoms with Crippen molar-refractivity contribution in [3.8, 4) is 0 Å². The Morgan fingerprint density at radius 2 is 2.26 bits per heavy atom. The number of nitrogens with zero attached hydrogens (tertiary/aromatic N) is 1.